The molecule has 0 fully saturated rings. The summed E-state index contributed by atoms with van der Waals surface area (Å²) in [5.74, 6) is 0. The average molecular weight is 321 g/mol. The Hall–Kier alpha value is -1.82. The van der Waals surface area contributed by atoms with Gasteiger partial charge in [0.1, 0.15) is 0 Å². The quantitative estimate of drug-likeness (QED) is 0.876. The zero-order chi connectivity index (χ0) is 16.2. The van der Waals surface area contributed by atoms with Crippen LogP contribution in [0.4, 0.5) is 13.2 Å². The lowest BCUT2D eigenvalue weighted by Crippen LogP contribution is -2.19. The second-order valence-corrected chi connectivity index (χ2v) is 6.51. The van der Waals surface area contributed by atoms with E-state index in [4.69, 9.17) is 5.73 Å². The van der Waals surface area contributed by atoms with E-state index < -0.39 is 11.9 Å². The number of alkyl halides is 3. The smallest absolute Gasteiger partial charge is 0.327 e. The van der Waals surface area contributed by atoms with E-state index in [1.165, 1.54) is 10.2 Å². The number of aromatic nitrogens is 2. The van der Waals surface area contributed by atoms with Gasteiger partial charge in [-0.2, -0.15) is 18.3 Å². The highest BCUT2D eigenvalue weighted by atomic mass is 19.4. The number of hydrogen-bond acceptors (Lipinski definition) is 2. The molecule has 122 valence electrons. The van der Waals surface area contributed by atoms with Gasteiger partial charge in [0, 0.05) is 17.3 Å². The van der Waals surface area contributed by atoms with Crippen molar-refractivity contribution in [3.63, 3.8) is 0 Å². The van der Waals surface area contributed by atoms with Crippen LogP contribution in [0.25, 0.3) is 5.69 Å². The molecule has 0 unspecified atom stereocenters. The fourth-order valence-electron chi connectivity index (χ4n) is 3.81. The van der Waals surface area contributed by atoms with E-state index in [9.17, 15) is 13.2 Å². The van der Waals surface area contributed by atoms with Gasteiger partial charge in [0.2, 0.25) is 0 Å². The molecule has 6 heteroatoms. The van der Waals surface area contributed by atoms with Crippen LogP contribution >= 0.6 is 0 Å². The summed E-state index contributed by atoms with van der Waals surface area (Å²) in [6, 6.07) is 5.89. The topological polar surface area (TPSA) is 43.8 Å². The third-order valence-electron chi connectivity index (χ3n) is 4.85. The highest BCUT2D eigenvalue weighted by Gasteiger charge is 2.39. The lowest BCUT2D eigenvalue weighted by molar-refractivity contribution is -0.142. The van der Waals surface area contributed by atoms with Crippen LogP contribution < -0.4 is 5.73 Å². The molecule has 4 rings (SSSR count). The molecule has 0 spiro atoms. The summed E-state index contributed by atoms with van der Waals surface area (Å²) in [4.78, 5) is 0. The van der Waals surface area contributed by atoms with Crippen LogP contribution in [0, 0.1) is 0 Å². The molecule has 1 atom stereocenters. The first-order chi connectivity index (χ1) is 10.9. The molecule has 1 aromatic carbocycles. The number of nitrogens with zero attached hydrogens (tertiary/aromatic N) is 2. The Balaban J connectivity index is 1.84. The lowest BCUT2D eigenvalue weighted by Gasteiger charge is -2.15. The summed E-state index contributed by atoms with van der Waals surface area (Å²) in [7, 11) is 0. The van der Waals surface area contributed by atoms with Crippen LogP contribution in [0.1, 0.15) is 40.9 Å². The fraction of sp³-hybridized carbons (Fsp3) is 0.471. The molecule has 0 bridgehead atoms. The maximum Gasteiger partial charge on any atom is 0.435 e. The Kier molecular flexibility index (Phi) is 3.27. The van der Waals surface area contributed by atoms with Gasteiger partial charge < -0.3 is 5.73 Å². The van der Waals surface area contributed by atoms with Crippen molar-refractivity contribution in [3.8, 4) is 5.69 Å². The summed E-state index contributed by atoms with van der Waals surface area (Å²) >= 11 is 0. The molecule has 0 radical (unpaired) electrons. The fourth-order valence-corrected chi connectivity index (χ4v) is 3.81. The van der Waals surface area contributed by atoms with E-state index in [1.54, 1.807) is 0 Å². The number of benzene rings is 1. The van der Waals surface area contributed by atoms with Crippen molar-refractivity contribution in [2.24, 2.45) is 5.73 Å². The van der Waals surface area contributed by atoms with E-state index in [2.05, 4.69) is 5.10 Å². The standard InChI is InChI=1S/C17H18F3N3/c18-17(19,20)16-14-3-1-2-4-15(14)23(22-16)13-6-5-10-7-12(21)8-11(10)9-13/h5-6,9,12H,1-4,7-8,21H2/t12-/m1/s1. The minimum atomic E-state index is -4.40. The van der Waals surface area contributed by atoms with Crippen molar-refractivity contribution in [2.75, 3.05) is 0 Å². The molecule has 2 aliphatic rings. The third kappa shape index (κ3) is 2.45. The summed E-state index contributed by atoms with van der Waals surface area (Å²) in [6.45, 7) is 0. The molecule has 0 saturated carbocycles. The van der Waals surface area contributed by atoms with Crippen LogP contribution in [0.15, 0.2) is 18.2 Å². The average Bonchev–Trinajstić information content (AvgIpc) is 3.05. The van der Waals surface area contributed by atoms with Crippen molar-refractivity contribution >= 4 is 0 Å². The van der Waals surface area contributed by atoms with Gasteiger partial charge in [-0.3, -0.25) is 0 Å². The van der Waals surface area contributed by atoms with E-state index in [-0.39, 0.29) is 6.04 Å². The van der Waals surface area contributed by atoms with Gasteiger partial charge in [0.25, 0.3) is 0 Å². The lowest BCUT2D eigenvalue weighted by atomic mass is 9.95. The maximum absolute atomic E-state index is 13.3. The monoisotopic (exact) mass is 321 g/mol. The summed E-state index contributed by atoms with van der Waals surface area (Å²) < 4.78 is 41.4. The second kappa shape index (κ2) is 5.09. The number of nitrogens with two attached hydrogens (primary N) is 1. The highest BCUT2D eigenvalue weighted by molar-refractivity contribution is 5.46. The predicted molar refractivity (Wildman–Crippen MR) is 80.6 cm³/mol. The van der Waals surface area contributed by atoms with Gasteiger partial charge in [0.15, 0.2) is 5.69 Å². The van der Waals surface area contributed by atoms with Gasteiger partial charge in [-0.05, 0) is 61.8 Å². The first kappa shape index (κ1) is 14.8. The van der Waals surface area contributed by atoms with Gasteiger partial charge in [-0.1, -0.05) is 6.07 Å². The van der Waals surface area contributed by atoms with Crippen LogP contribution in [-0.2, 0) is 31.9 Å². The molecular formula is C17H18F3N3. The molecule has 0 saturated heterocycles. The van der Waals surface area contributed by atoms with E-state index >= 15 is 0 Å². The van der Waals surface area contributed by atoms with E-state index in [0.29, 0.717) is 29.8 Å². The molecule has 2 aliphatic carbocycles. The highest BCUT2D eigenvalue weighted by Crippen LogP contribution is 2.37. The molecule has 3 nitrogen and oxygen atoms in total. The summed E-state index contributed by atoms with van der Waals surface area (Å²) in [6.07, 6.45) is 0.0206. The molecule has 0 aliphatic heterocycles. The Morgan fingerprint density at radius 3 is 2.61 bits per heavy atom. The maximum atomic E-state index is 13.3. The van der Waals surface area contributed by atoms with Gasteiger partial charge in [-0.15, -0.1) is 0 Å². The molecule has 1 heterocycles. The summed E-state index contributed by atoms with van der Waals surface area (Å²) in [5, 5.41) is 3.94. The van der Waals surface area contributed by atoms with Crippen molar-refractivity contribution in [3.05, 3.63) is 46.3 Å². The SMILES string of the molecule is N[C@@H]1Cc2ccc(-n3nc(C(F)(F)F)c4c3CCCC4)cc2C1. The normalized spacial score (nSPS) is 20.4. The van der Waals surface area contributed by atoms with Crippen LogP contribution in [-0.4, -0.2) is 15.8 Å². The van der Waals surface area contributed by atoms with Crippen molar-refractivity contribution in [1.29, 1.82) is 0 Å². The first-order valence-electron chi connectivity index (χ1n) is 7.99. The third-order valence-corrected chi connectivity index (χ3v) is 4.85. The van der Waals surface area contributed by atoms with E-state index in [0.717, 1.165) is 31.2 Å². The molecule has 2 N–H and O–H groups in total. The molecule has 23 heavy (non-hydrogen) atoms. The first-order valence-corrected chi connectivity index (χ1v) is 7.99. The minimum Gasteiger partial charge on any atom is -0.327 e. The molecular weight excluding hydrogens is 303 g/mol. The van der Waals surface area contributed by atoms with E-state index in [1.807, 2.05) is 18.2 Å². The number of halogens is 3. The molecule has 2 aromatic rings. The number of hydrogen-bond donors (Lipinski definition) is 1. The Morgan fingerprint density at radius 2 is 1.83 bits per heavy atom. The van der Waals surface area contributed by atoms with Crippen LogP contribution in [0.3, 0.4) is 0 Å². The Bertz CT molecular complexity index is 761. The Labute approximate surface area is 132 Å². The van der Waals surface area contributed by atoms with Crippen molar-refractivity contribution in [2.45, 2.75) is 50.7 Å². The van der Waals surface area contributed by atoms with Gasteiger partial charge in [-0.25, -0.2) is 4.68 Å². The zero-order valence-electron chi connectivity index (χ0n) is 12.7. The van der Waals surface area contributed by atoms with Crippen molar-refractivity contribution < 1.29 is 13.2 Å². The Morgan fingerprint density at radius 1 is 1.09 bits per heavy atom. The zero-order valence-corrected chi connectivity index (χ0v) is 12.7. The number of rotatable bonds is 1. The summed E-state index contributed by atoms with van der Waals surface area (Å²) in [5.41, 5.74) is 9.38. The molecule has 1 aromatic heterocycles. The second-order valence-electron chi connectivity index (χ2n) is 6.51. The van der Waals surface area contributed by atoms with Crippen LogP contribution in [0.5, 0.6) is 0 Å². The number of fused-ring (bicyclic) bond motifs is 2. The largest absolute Gasteiger partial charge is 0.435 e. The molecule has 0 amide bonds. The van der Waals surface area contributed by atoms with Gasteiger partial charge in [0.05, 0.1) is 5.69 Å². The predicted octanol–water partition coefficient (Wildman–Crippen LogP) is 3.20. The van der Waals surface area contributed by atoms with Gasteiger partial charge >= 0.3 is 6.18 Å². The van der Waals surface area contributed by atoms with Crippen molar-refractivity contribution in [1.82, 2.24) is 9.78 Å². The minimum absolute atomic E-state index is 0.109. The van der Waals surface area contributed by atoms with Crippen LogP contribution in [0.2, 0.25) is 0 Å².